The van der Waals surface area contributed by atoms with Gasteiger partial charge < -0.3 is 16.0 Å². The van der Waals surface area contributed by atoms with E-state index in [0.29, 0.717) is 18.2 Å². The van der Waals surface area contributed by atoms with E-state index in [9.17, 15) is 4.79 Å². The predicted molar refractivity (Wildman–Crippen MR) is 120 cm³/mol. The number of nitrogens with two attached hydrogens (primary N) is 1. The van der Waals surface area contributed by atoms with Crippen molar-refractivity contribution in [1.82, 2.24) is 20.2 Å². The van der Waals surface area contributed by atoms with Crippen LogP contribution in [0.4, 0.5) is 11.6 Å². The lowest BCUT2D eigenvalue weighted by atomic mass is 9.95. The first-order chi connectivity index (χ1) is 14.4. The predicted octanol–water partition coefficient (Wildman–Crippen LogP) is 2.98. The van der Waals surface area contributed by atoms with Gasteiger partial charge in [-0.2, -0.15) is 4.80 Å². The molecule has 0 aliphatic carbocycles. The molecule has 0 unspecified atom stereocenters. The fourth-order valence-electron chi connectivity index (χ4n) is 3.19. The van der Waals surface area contributed by atoms with E-state index in [1.165, 1.54) is 34.3 Å². The SMILES string of the molecule is C=C/C=C(C(=O)Nc1ccc(C2=C(C)CCN(c3nnn(C)n3)C2)cc1)\C(Cl)=C/N. The fraction of sp³-hybridized carbons (Fsp3) is 0.238. The molecule has 8 nitrogen and oxygen atoms in total. The first kappa shape index (κ1) is 21.3. The molecule has 0 spiro atoms. The van der Waals surface area contributed by atoms with Crippen LogP contribution in [0.5, 0.6) is 0 Å². The maximum absolute atomic E-state index is 12.5. The number of hydrogen-bond donors (Lipinski definition) is 2. The van der Waals surface area contributed by atoms with Crippen LogP contribution in [0, 0.1) is 0 Å². The lowest BCUT2D eigenvalue weighted by molar-refractivity contribution is -0.112. The van der Waals surface area contributed by atoms with E-state index in [-0.39, 0.29) is 16.5 Å². The summed E-state index contributed by atoms with van der Waals surface area (Å²) in [6.45, 7) is 7.29. The molecule has 0 saturated heterocycles. The highest BCUT2D eigenvalue weighted by Gasteiger charge is 2.21. The number of aromatic nitrogens is 4. The molecule has 1 aromatic heterocycles. The number of tetrazole rings is 1. The van der Waals surface area contributed by atoms with Crippen LogP contribution in [0.25, 0.3) is 5.57 Å². The molecule has 0 bridgehead atoms. The molecule has 30 heavy (non-hydrogen) atoms. The monoisotopic (exact) mass is 425 g/mol. The van der Waals surface area contributed by atoms with Gasteiger partial charge in [-0.15, -0.1) is 5.10 Å². The number of nitrogens with zero attached hydrogens (tertiary/aromatic N) is 5. The Labute approximate surface area is 180 Å². The molecule has 1 aromatic carbocycles. The first-order valence-corrected chi connectivity index (χ1v) is 9.80. The third kappa shape index (κ3) is 4.77. The van der Waals surface area contributed by atoms with Crippen molar-refractivity contribution in [2.45, 2.75) is 13.3 Å². The zero-order valence-electron chi connectivity index (χ0n) is 17.0. The van der Waals surface area contributed by atoms with Gasteiger partial charge in [0.05, 0.1) is 17.7 Å². The highest BCUT2D eigenvalue weighted by molar-refractivity contribution is 6.36. The van der Waals surface area contributed by atoms with E-state index in [4.69, 9.17) is 17.3 Å². The number of rotatable bonds is 6. The van der Waals surface area contributed by atoms with Crippen molar-refractivity contribution in [1.29, 1.82) is 0 Å². The molecule has 2 heterocycles. The third-order valence-corrected chi connectivity index (χ3v) is 5.16. The number of halogens is 1. The Morgan fingerprint density at radius 3 is 2.67 bits per heavy atom. The zero-order valence-corrected chi connectivity index (χ0v) is 17.7. The van der Waals surface area contributed by atoms with Crippen molar-refractivity contribution < 1.29 is 4.79 Å². The number of carbonyl (C=O) groups excluding carboxylic acids is 1. The van der Waals surface area contributed by atoms with E-state index in [0.717, 1.165) is 18.5 Å². The fourth-order valence-corrected chi connectivity index (χ4v) is 3.34. The van der Waals surface area contributed by atoms with Gasteiger partial charge in [0, 0.05) is 25.0 Å². The van der Waals surface area contributed by atoms with Crippen LogP contribution >= 0.6 is 11.6 Å². The first-order valence-electron chi connectivity index (χ1n) is 9.42. The summed E-state index contributed by atoms with van der Waals surface area (Å²) >= 11 is 6.01. The van der Waals surface area contributed by atoms with Crippen molar-refractivity contribution in [2.75, 3.05) is 23.3 Å². The maximum atomic E-state index is 12.5. The van der Waals surface area contributed by atoms with Gasteiger partial charge in [0.2, 0.25) is 0 Å². The average Bonchev–Trinajstić information content (AvgIpc) is 3.18. The maximum Gasteiger partial charge on any atom is 0.266 e. The normalized spacial score (nSPS) is 15.4. The minimum atomic E-state index is -0.359. The Kier molecular flexibility index (Phi) is 6.68. The summed E-state index contributed by atoms with van der Waals surface area (Å²) in [7, 11) is 1.75. The minimum absolute atomic E-state index is 0.157. The van der Waals surface area contributed by atoms with Crippen molar-refractivity contribution in [2.24, 2.45) is 12.8 Å². The summed E-state index contributed by atoms with van der Waals surface area (Å²) < 4.78 is 0. The Morgan fingerprint density at radius 1 is 1.33 bits per heavy atom. The van der Waals surface area contributed by atoms with E-state index >= 15 is 0 Å². The van der Waals surface area contributed by atoms with E-state index in [1.807, 2.05) is 24.3 Å². The standard InChI is InChI=1S/C21H24ClN7O/c1-4-5-17(19(22)12-23)20(30)24-16-8-6-15(7-9-16)18-13-29(11-10-14(18)2)21-25-27-28(3)26-21/h4-9,12H,1,10-11,13,23H2,2-3H3,(H,24,30)/b17-5+,19-12+. The molecule has 3 rings (SSSR count). The topological polar surface area (TPSA) is 102 Å². The molecule has 156 valence electrons. The second-order valence-corrected chi connectivity index (χ2v) is 7.28. The van der Waals surface area contributed by atoms with Crippen LogP contribution in [0.15, 0.2) is 65.4 Å². The Bertz CT molecular complexity index is 1030. The van der Waals surface area contributed by atoms with Crippen molar-refractivity contribution in [3.05, 3.63) is 70.9 Å². The summed E-state index contributed by atoms with van der Waals surface area (Å²) in [5.41, 5.74) is 9.95. The van der Waals surface area contributed by atoms with Gasteiger partial charge in [-0.3, -0.25) is 4.79 Å². The van der Waals surface area contributed by atoms with E-state index in [2.05, 4.69) is 39.1 Å². The van der Waals surface area contributed by atoms with Crippen LogP contribution in [-0.2, 0) is 11.8 Å². The summed E-state index contributed by atoms with van der Waals surface area (Å²) in [6.07, 6.45) is 5.10. The second-order valence-electron chi connectivity index (χ2n) is 6.87. The molecule has 0 atom stereocenters. The summed E-state index contributed by atoms with van der Waals surface area (Å²) in [4.78, 5) is 16.1. The van der Waals surface area contributed by atoms with Crippen LogP contribution in [0.1, 0.15) is 18.9 Å². The summed E-state index contributed by atoms with van der Waals surface area (Å²) in [6, 6.07) is 7.69. The molecule has 0 saturated carbocycles. The van der Waals surface area contributed by atoms with Crippen LogP contribution in [-0.4, -0.2) is 39.2 Å². The van der Waals surface area contributed by atoms with Crippen LogP contribution in [0.3, 0.4) is 0 Å². The van der Waals surface area contributed by atoms with Gasteiger partial charge in [-0.25, -0.2) is 0 Å². The lowest BCUT2D eigenvalue weighted by Gasteiger charge is -2.29. The number of hydrogen-bond acceptors (Lipinski definition) is 6. The third-order valence-electron chi connectivity index (χ3n) is 4.83. The van der Waals surface area contributed by atoms with E-state index in [1.54, 1.807) is 7.05 Å². The summed E-state index contributed by atoms with van der Waals surface area (Å²) in [5.74, 6) is 0.264. The largest absolute Gasteiger partial charge is 0.403 e. The number of amides is 1. The molecule has 9 heteroatoms. The van der Waals surface area contributed by atoms with Gasteiger partial charge in [-0.1, -0.05) is 47.1 Å². The van der Waals surface area contributed by atoms with Crippen molar-refractivity contribution in [3.63, 3.8) is 0 Å². The Hall–Kier alpha value is -3.39. The molecule has 2 aromatic rings. The molecule has 1 aliphatic heterocycles. The highest BCUT2D eigenvalue weighted by Crippen LogP contribution is 2.29. The van der Waals surface area contributed by atoms with Gasteiger partial charge >= 0.3 is 0 Å². The van der Waals surface area contributed by atoms with Gasteiger partial charge in [0.25, 0.3) is 11.9 Å². The molecule has 0 fully saturated rings. The van der Waals surface area contributed by atoms with E-state index < -0.39 is 0 Å². The lowest BCUT2D eigenvalue weighted by Crippen LogP contribution is -2.31. The zero-order chi connectivity index (χ0) is 21.7. The van der Waals surface area contributed by atoms with Gasteiger partial charge in [0.1, 0.15) is 0 Å². The second kappa shape index (κ2) is 9.41. The minimum Gasteiger partial charge on any atom is -0.403 e. The Balaban J connectivity index is 1.75. The average molecular weight is 426 g/mol. The number of nitrogens with one attached hydrogen (secondary N) is 1. The molecular formula is C21H24ClN7O. The number of allylic oxidation sites excluding steroid dienone is 2. The number of aryl methyl sites for hydroxylation is 1. The van der Waals surface area contributed by atoms with Crippen molar-refractivity contribution >= 4 is 34.7 Å². The summed E-state index contributed by atoms with van der Waals surface area (Å²) in [5, 5.41) is 15.3. The Morgan fingerprint density at radius 2 is 2.07 bits per heavy atom. The van der Waals surface area contributed by atoms with Crippen LogP contribution in [0.2, 0.25) is 0 Å². The number of carbonyl (C=O) groups is 1. The number of anilines is 2. The molecule has 1 amide bonds. The smallest absolute Gasteiger partial charge is 0.266 e. The van der Waals surface area contributed by atoms with Gasteiger partial charge in [-0.05, 0) is 47.9 Å². The molecular weight excluding hydrogens is 402 g/mol. The highest BCUT2D eigenvalue weighted by atomic mass is 35.5. The molecule has 1 aliphatic rings. The quantitative estimate of drug-likeness (QED) is 0.545. The molecule has 3 N–H and O–H groups in total. The van der Waals surface area contributed by atoms with Gasteiger partial charge in [0.15, 0.2) is 0 Å². The number of benzene rings is 1. The van der Waals surface area contributed by atoms with Crippen LogP contribution < -0.4 is 16.0 Å². The van der Waals surface area contributed by atoms with Crippen molar-refractivity contribution in [3.8, 4) is 0 Å². The molecule has 0 radical (unpaired) electrons.